The van der Waals surface area contributed by atoms with Gasteiger partial charge in [-0.3, -0.25) is 9.59 Å². The van der Waals surface area contributed by atoms with Crippen LogP contribution in [0.2, 0.25) is 0 Å². The Morgan fingerprint density at radius 3 is 1.88 bits per heavy atom. The third-order valence-electron chi connectivity index (χ3n) is 5.64. The molecule has 0 saturated carbocycles. The van der Waals surface area contributed by atoms with E-state index >= 15 is 0 Å². The highest BCUT2D eigenvalue weighted by molar-refractivity contribution is 6.35. The molecule has 6 nitrogen and oxygen atoms in total. The van der Waals surface area contributed by atoms with Crippen LogP contribution >= 0.6 is 0 Å². The molecule has 0 aliphatic heterocycles. The van der Waals surface area contributed by atoms with Gasteiger partial charge in [0.1, 0.15) is 5.69 Å². The largest absolute Gasteiger partial charge is 0.493 e. The van der Waals surface area contributed by atoms with Gasteiger partial charge < -0.3 is 18.8 Å². The second-order valence-corrected chi connectivity index (χ2v) is 7.64. The molecule has 0 atom stereocenters. The normalized spacial score (nSPS) is 10.6. The van der Waals surface area contributed by atoms with Crippen LogP contribution in [0.1, 0.15) is 16.1 Å². The van der Waals surface area contributed by atoms with E-state index < -0.39 is 5.78 Å². The first kappa shape index (κ1) is 22.9. The highest BCUT2D eigenvalue weighted by atomic mass is 16.5. The molecule has 0 N–H and O–H groups in total. The number of Topliss-reactive ketones (excluding diaryl/α,β-unsaturated/α-hetero) is 1. The van der Waals surface area contributed by atoms with E-state index in [1.807, 2.05) is 83.6 Å². The maximum atomic E-state index is 13.0. The van der Waals surface area contributed by atoms with Crippen molar-refractivity contribution in [1.82, 2.24) is 4.57 Å². The number of aromatic nitrogens is 1. The molecule has 172 valence electrons. The fraction of sp³-hybridized carbons (Fsp3) is 0.143. The van der Waals surface area contributed by atoms with Crippen molar-refractivity contribution in [2.45, 2.75) is 6.54 Å². The van der Waals surface area contributed by atoms with E-state index in [0.717, 1.165) is 27.8 Å². The number of ether oxygens (including phenoxy) is 3. The van der Waals surface area contributed by atoms with Crippen LogP contribution in [0.15, 0.2) is 79.0 Å². The number of rotatable bonds is 9. The number of carbonyl (C=O) groups is 2. The first-order chi connectivity index (χ1) is 16.6. The van der Waals surface area contributed by atoms with Gasteiger partial charge in [0.05, 0.1) is 21.3 Å². The summed E-state index contributed by atoms with van der Waals surface area (Å²) in [5.74, 6) is 0.923. The summed E-state index contributed by atoms with van der Waals surface area (Å²) in [6.45, 7) is 0.318. The number of methoxy groups -OCH3 is 3. The van der Waals surface area contributed by atoms with Gasteiger partial charge in [0.2, 0.25) is 11.5 Å². The van der Waals surface area contributed by atoms with Gasteiger partial charge in [-0.2, -0.15) is 0 Å². The number of hydrogen-bond donors (Lipinski definition) is 0. The predicted molar refractivity (Wildman–Crippen MR) is 131 cm³/mol. The van der Waals surface area contributed by atoms with Crippen molar-refractivity contribution < 1.29 is 23.8 Å². The van der Waals surface area contributed by atoms with Crippen molar-refractivity contribution >= 4 is 12.1 Å². The summed E-state index contributed by atoms with van der Waals surface area (Å²) in [4.78, 5) is 24.7. The molecule has 0 spiro atoms. The van der Waals surface area contributed by atoms with E-state index in [4.69, 9.17) is 14.2 Å². The number of benzene rings is 3. The van der Waals surface area contributed by atoms with Crippen molar-refractivity contribution in [2.24, 2.45) is 0 Å². The molecular formula is C28H25NO5. The third kappa shape index (κ3) is 4.30. The Morgan fingerprint density at radius 2 is 1.38 bits per heavy atom. The Bertz CT molecular complexity index is 1280. The van der Waals surface area contributed by atoms with Gasteiger partial charge in [-0.25, -0.2) is 0 Å². The molecule has 4 rings (SSSR count). The highest BCUT2D eigenvalue weighted by Crippen LogP contribution is 2.40. The molecule has 3 aromatic carbocycles. The van der Waals surface area contributed by atoms with Gasteiger partial charge in [-0.15, -0.1) is 0 Å². The van der Waals surface area contributed by atoms with Gasteiger partial charge in [-0.05, 0) is 28.8 Å². The molecule has 0 bridgehead atoms. The van der Waals surface area contributed by atoms with Gasteiger partial charge in [-0.1, -0.05) is 60.7 Å². The molecule has 6 heteroatoms. The molecule has 0 aliphatic carbocycles. The third-order valence-corrected chi connectivity index (χ3v) is 5.64. The summed E-state index contributed by atoms with van der Waals surface area (Å²) in [5.41, 5.74) is 4.54. The first-order valence-corrected chi connectivity index (χ1v) is 10.7. The summed E-state index contributed by atoms with van der Waals surface area (Å²) in [7, 11) is 4.66. The summed E-state index contributed by atoms with van der Waals surface area (Å²) in [5, 5.41) is 0. The van der Waals surface area contributed by atoms with Crippen molar-refractivity contribution in [2.75, 3.05) is 21.3 Å². The number of ketones is 1. The minimum Gasteiger partial charge on any atom is -0.493 e. The SMILES string of the molecule is COc1cc(Cn2cc(-c3ccccc3)c(-c3ccccc3)c2C(=O)C=O)cc(OC)c1OC. The molecule has 0 unspecified atom stereocenters. The zero-order valence-electron chi connectivity index (χ0n) is 19.3. The maximum Gasteiger partial charge on any atom is 0.242 e. The fourth-order valence-corrected chi connectivity index (χ4v) is 4.16. The van der Waals surface area contributed by atoms with Crippen LogP contribution in [-0.2, 0) is 11.3 Å². The summed E-state index contributed by atoms with van der Waals surface area (Å²) in [6, 6.07) is 23.1. The molecule has 0 amide bonds. The number of aldehydes is 1. The lowest BCUT2D eigenvalue weighted by molar-refractivity contribution is -0.104. The summed E-state index contributed by atoms with van der Waals surface area (Å²) >= 11 is 0. The van der Waals surface area contributed by atoms with Gasteiger partial charge in [0.15, 0.2) is 17.8 Å². The molecule has 0 aliphatic rings. The average molecular weight is 456 g/mol. The Hall–Kier alpha value is -4.32. The standard InChI is InChI=1S/C28H25NO5/c1-32-24-14-19(15-25(33-2)28(24)34-3)16-29-17-22(20-10-6-4-7-11-20)26(27(29)23(31)18-30)21-12-8-5-9-13-21/h4-15,17-18H,16H2,1-3H3. The molecule has 34 heavy (non-hydrogen) atoms. The minimum absolute atomic E-state index is 0.318. The van der Waals surface area contributed by atoms with Crippen molar-refractivity contribution in [1.29, 1.82) is 0 Å². The lowest BCUT2D eigenvalue weighted by atomic mass is 9.96. The van der Waals surface area contributed by atoms with Crippen LogP contribution in [0.4, 0.5) is 0 Å². The van der Waals surface area contributed by atoms with Crippen LogP contribution in [0.25, 0.3) is 22.3 Å². The zero-order valence-corrected chi connectivity index (χ0v) is 19.3. The maximum absolute atomic E-state index is 13.0. The summed E-state index contributed by atoms with van der Waals surface area (Å²) in [6.07, 6.45) is 2.28. The second kappa shape index (κ2) is 10.1. The van der Waals surface area contributed by atoms with Gasteiger partial charge in [0, 0.05) is 23.9 Å². The van der Waals surface area contributed by atoms with Crippen LogP contribution in [0.3, 0.4) is 0 Å². The first-order valence-electron chi connectivity index (χ1n) is 10.7. The monoisotopic (exact) mass is 455 g/mol. The predicted octanol–water partition coefficient (Wildman–Crippen LogP) is 5.28. The molecule has 0 saturated heterocycles. The number of hydrogen-bond acceptors (Lipinski definition) is 5. The zero-order chi connectivity index (χ0) is 24.1. The van der Waals surface area contributed by atoms with Crippen molar-refractivity contribution in [3.8, 4) is 39.5 Å². The smallest absolute Gasteiger partial charge is 0.242 e. The number of carbonyl (C=O) groups excluding carboxylic acids is 2. The second-order valence-electron chi connectivity index (χ2n) is 7.64. The number of nitrogens with zero attached hydrogens (tertiary/aromatic N) is 1. The minimum atomic E-state index is -0.589. The lowest BCUT2D eigenvalue weighted by Gasteiger charge is -2.15. The van der Waals surface area contributed by atoms with E-state index in [1.54, 1.807) is 21.3 Å². The van der Waals surface area contributed by atoms with E-state index in [9.17, 15) is 9.59 Å². The quantitative estimate of drug-likeness (QED) is 0.195. The molecular weight excluding hydrogens is 430 g/mol. The van der Waals surface area contributed by atoms with E-state index in [2.05, 4.69) is 0 Å². The van der Waals surface area contributed by atoms with Crippen LogP contribution < -0.4 is 14.2 Å². The Morgan fingerprint density at radius 1 is 0.824 bits per heavy atom. The van der Waals surface area contributed by atoms with Crippen molar-refractivity contribution in [3.05, 3.63) is 90.3 Å². The Labute approximate surface area is 198 Å². The Balaban J connectivity index is 1.94. The summed E-state index contributed by atoms with van der Waals surface area (Å²) < 4.78 is 18.2. The van der Waals surface area contributed by atoms with Gasteiger partial charge in [0.25, 0.3) is 0 Å². The highest BCUT2D eigenvalue weighted by Gasteiger charge is 2.24. The Kier molecular flexibility index (Phi) is 6.78. The molecule has 0 fully saturated rings. The van der Waals surface area contributed by atoms with Crippen molar-refractivity contribution in [3.63, 3.8) is 0 Å². The van der Waals surface area contributed by atoms with Crippen LogP contribution in [0.5, 0.6) is 17.2 Å². The lowest BCUT2D eigenvalue weighted by Crippen LogP contribution is -2.12. The molecule has 0 radical (unpaired) electrons. The van der Waals surface area contributed by atoms with E-state index in [-0.39, 0.29) is 0 Å². The van der Waals surface area contributed by atoms with Gasteiger partial charge >= 0.3 is 0 Å². The fourth-order valence-electron chi connectivity index (χ4n) is 4.16. The van der Waals surface area contributed by atoms with Crippen LogP contribution in [0, 0.1) is 0 Å². The topological polar surface area (TPSA) is 66.8 Å². The van der Waals surface area contributed by atoms with E-state index in [1.165, 1.54) is 0 Å². The molecule has 1 aromatic heterocycles. The average Bonchev–Trinajstić information content (AvgIpc) is 3.27. The molecule has 1 heterocycles. The van der Waals surface area contributed by atoms with Crippen LogP contribution in [-0.4, -0.2) is 38.0 Å². The van der Waals surface area contributed by atoms with E-state index in [0.29, 0.717) is 35.8 Å². The molecule has 4 aromatic rings.